The van der Waals surface area contributed by atoms with Gasteiger partial charge in [-0.15, -0.1) is 0 Å². The molecule has 3 aromatic carbocycles. The Kier molecular flexibility index (Phi) is 16.6. The van der Waals surface area contributed by atoms with E-state index in [9.17, 15) is 19.2 Å². The fourth-order valence-corrected chi connectivity index (χ4v) is 6.86. The second kappa shape index (κ2) is 21.3. The lowest BCUT2D eigenvalue weighted by molar-refractivity contribution is -0.134. The number of halogens is 2. The normalized spacial score (nSPS) is 15.4. The van der Waals surface area contributed by atoms with Crippen LogP contribution >= 0.6 is 23.2 Å². The third-order valence-corrected chi connectivity index (χ3v) is 10.0. The van der Waals surface area contributed by atoms with Gasteiger partial charge in [0.1, 0.15) is 29.2 Å². The van der Waals surface area contributed by atoms with Gasteiger partial charge in [-0.3, -0.25) is 18.9 Å². The molecule has 0 aliphatic carbocycles. The van der Waals surface area contributed by atoms with Gasteiger partial charge in [0.2, 0.25) is 0 Å². The average Bonchev–Trinajstić information content (AvgIpc) is 3.91. The minimum Gasteiger partial charge on any atom is -0.478 e. The number of imidazole rings is 1. The van der Waals surface area contributed by atoms with Gasteiger partial charge in [0.15, 0.2) is 0 Å². The number of carbonyl (C=O) groups excluding carboxylic acids is 2. The van der Waals surface area contributed by atoms with Crippen molar-refractivity contribution >= 4 is 47.1 Å². The molecular formula is C44H50Cl2N6O8. The number of rotatable bonds is 12. The lowest BCUT2D eigenvalue weighted by Crippen LogP contribution is -2.55. The summed E-state index contributed by atoms with van der Waals surface area (Å²) in [5.74, 6) is -1.22. The largest absolute Gasteiger partial charge is 0.478 e. The van der Waals surface area contributed by atoms with Crippen molar-refractivity contribution in [3.63, 3.8) is 0 Å². The molecule has 6 rings (SSSR count). The Balaban J connectivity index is 0.000000225. The number of carbonyl (C=O) groups is 4. The van der Waals surface area contributed by atoms with Gasteiger partial charge in [-0.05, 0) is 101 Å². The summed E-state index contributed by atoms with van der Waals surface area (Å²) in [5.41, 5.74) is 3.50. The zero-order chi connectivity index (χ0) is 44.0. The van der Waals surface area contributed by atoms with Crippen molar-refractivity contribution in [1.29, 1.82) is 0 Å². The van der Waals surface area contributed by atoms with Gasteiger partial charge in [-0.1, -0.05) is 72.1 Å². The summed E-state index contributed by atoms with van der Waals surface area (Å²) in [5, 5.41) is 23.9. The van der Waals surface area contributed by atoms with Gasteiger partial charge in [0.05, 0.1) is 22.9 Å². The van der Waals surface area contributed by atoms with Crippen molar-refractivity contribution < 1.29 is 38.9 Å². The number of carboxylic acid groups (broad SMARTS) is 2. The van der Waals surface area contributed by atoms with Gasteiger partial charge in [-0.25, -0.2) is 19.4 Å². The fourth-order valence-electron chi connectivity index (χ4n) is 6.36. The summed E-state index contributed by atoms with van der Waals surface area (Å²) in [7, 11) is 1.72. The van der Waals surface area contributed by atoms with Crippen LogP contribution in [0.1, 0.15) is 73.4 Å². The van der Waals surface area contributed by atoms with Crippen molar-refractivity contribution in [2.45, 2.75) is 78.1 Å². The van der Waals surface area contributed by atoms with E-state index in [1.54, 1.807) is 19.4 Å². The average molecular weight is 862 g/mol. The smallest absolute Gasteiger partial charge is 0.332 e. The van der Waals surface area contributed by atoms with Gasteiger partial charge >= 0.3 is 18.0 Å². The molecule has 2 amide bonds. The van der Waals surface area contributed by atoms with Crippen molar-refractivity contribution in [1.82, 2.24) is 29.5 Å². The molecule has 1 saturated heterocycles. The Bertz CT molecular complexity index is 2220. The summed E-state index contributed by atoms with van der Waals surface area (Å²) in [4.78, 5) is 50.3. The Morgan fingerprint density at radius 3 is 2.02 bits per heavy atom. The number of hydrogen-bond donors (Lipinski definition) is 3. The first kappa shape index (κ1) is 46.7. The second-order valence-electron chi connectivity index (χ2n) is 14.7. The minimum absolute atomic E-state index is 0.103. The van der Waals surface area contributed by atoms with E-state index in [0.717, 1.165) is 47.0 Å². The number of benzene rings is 3. The van der Waals surface area contributed by atoms with Gasteiger partial charge < -0.3 is 25.0 Å². The Morgan fingerprint density at radius 1 is 0.900 bits per heavy atom. The maximum atomic E-state index is 13.0. The highest BCUT2D eigenvalue weighted by molar-refractivity contribution is 6.34. The zero-order valence-corrected chi connectivity index (χ0v) is 35.9. The van der Waals surface area contributed by atoms with Crippen molar-refractivity contribution in [2.24, 2.45) is 7.05 Å². The SMILES string of the molecule is CC1(C)COC(C)(CCCc2ccc(Cl)cc2)N1C(=O)n1ccnc1.CCc1nn(C)c(C(=O)NCc2ccc(Oc3ccc(C)cc3)cc2)c1Cl.O=C(O)/C=C/C(=O)O. The Labute approximate surface area is 359 Å². The van der Waals surface area contributed by atoms with Crippen LogP contribution in [0.25, 0.3) is 0 Å². The summed E-state index contributed by atoms with van der Waals surface area (Å²) in [6.45, 7) is 11.0. The zero-order valence-electron chi connectivity index (χ0n) is 34.4. The van der Waals surface area contributed by atoms with E-state index in [-0.39, 0.29) is 17.5 Å². The number of amides is 2. The molecule has 14 nitrogen and oxygen atoms in total. The van der Waals surface area contributed by atoms with Crippen LogP contribution in [-0.2, 0) is 40.8 Å². The van der Waals surface area contributed by atoms with Crippen LogP contribution in [0.3, 0.4) is 0 Å². The van der Waals surface area contributed by atoms with E-state index in [4.69, 9.17) is 42.9 Å². The molecule has 1 fully saturated rings. The highest BCUT2D eigenvalue weighted by Crippen LogP contribution is 2.39. The summed E-state index contributed by atoms with van der Waals surface area (Å²) < 4.78 is 14.9. The van der Waals surface area contributed by atoms with Gasteiger partial charge in [0, 0.05) is 43.2 Å². The molecule has 3 N–H and O–H groups in total. The molecule has 5 aromatic rings. The number of hydrogen-bond acceptors (Lipinski definition) is 8. The van der Waals surface area contributed by atoms with Crippen LogP contribution in [0.2, 0.25) is 10.0 Å². The molecule has 1 atom stereocenters. The molecule has 0 spiro atoms. The summed E-state index contributed by atoms with van der Waals surface area (Å²) in [6, 6.07) is 23.3. The third-order valence-electron chi connectivity index (χ3n) is 9.36. The summed E-state index contributed by atoms with van der Waals surface area (Å²) >= 11 is 12.2. The van der Waals surface area contributed by atoms with Crippen LogP contribution < -0.4 is 10.1 Å². The van der Waals surface area contributed by atoms with E-state index in [1.165, 1.54) is 26.7 Å². The van der Waals surface area contributed by atoms with E-state index in [1.807, 2.05) is 112 Å². The standard InChI is InChI=1S/C21H22ClN3O2.C19H24ClN3O2.C4H4O4/c1-4-18-19(22)20(25(3)24-18)21(26)23-13-15-7-11-17(12-8-15)27-16-9-5-14(2)6-10-16;1-18(2)13-25-19(3,23(18)17(24)22-12-11-21-14-22)10-4-5-15-6-8-16(20)9-7-15;5-3(6)1-2-4(7)8/h5-12H,4,13H2,1-3H3,(H,23,26);6-9,11-12,14H,4-5,10,13H2,1-3H3;1-2H,(H,5,6)(H,7,8)/b;;2-1+. The molecular weight excluding hydrogens is 811 g/mol. The third kappa shape index (κ3) is 13.3. The topological polar surface area (TPSA) is 178 Å². The predicted molar refractivity (Wildman–Crippen MR) is 229 cm³/mol. The molecule has 1 unspecified atom stereocenters. The Morgan fingerprint density at radius 2 is 1.48 bits per heavy atom. The first-order chi connectivity index (χ1) is 28.4. The molecule has 0 radical (unpaired) electrons. The number of nitrogens with one attached hydrogen (secondary N) is 1. The first-order valence-electron chi connectivity index (χ1n) is 19.1. The number of aromatic nitrogens is 4. The van der Waals surface area contributed by atoms with Crippen LogP contribution in [0.4, 0.5) is 4.79 Å². The first-order valence-corrected chi connectivity index (χ1v) is 19.9. The number of nitrogens with zero attached hydrogens (tertiary/aromatic N) is 5. The highest BCUT2D eigenvalue weighted by Gasteiger charge is 2.51. The van der Waals surface area contributed by atoms with Crippen LogP contribution in [-0.4, -0.2) is 76.2 Å². The van der Waals surface area contributed by atoms with Crippen LogP contribution in [0.5, 0.6) is 11.5 Å². The summed E-state index contributed by atoms with van der Waals surface area (Å²) in [6.07, 6.45) is 9.22. The lowest BCUT2D eigenvalue weighted by atomic mass is 9.99. The van der Waals surface area contributed by atoms with Crippen LogP contribution in [0, 0.1) is 6.92 Å². The molecule has 318 valence electrons. The van der Waals surface area contributed by atoms with Crippen molar-refractivity contribution in [2.75, 3.05) is 6.61 Å². The second-order valence-corrected chi connectivity index (χ2v) is 15.5. The van der Waals surface area contributed by atoms with Crippen LogP contribution in [0.15, 0.2) is 104 Å². The lowest BCUT2D eigenvalue weighted by Gasteiger charge is -2.39. The highest BCUT2D eigenvalue weighted by atomic mass is 35.5. The number of aliphatic carboxylic acids is 2. The van der Waals surface area contributed by atoms with E-state index in [0.29, 0.717) is 42.4 Å². The molecule has 1 aliphatic rings. The molecule has 16 heteroatoms. The van der Waals surface area contributed by atoms with E-state index < -0.39 is 17.7 Å². The maximum Gasteiger partial charge on any atom is 0.332 e. The molecule has 1 aliphatic heterocycles. The fraction of sp³-hybridized carbons (Fsp3) is 0.318. The molecule has 60 heavy (non-hydrogen) atoms. The van der Waals surface area contributed by atoms with Crippen molar-refractivity contribution in [3.8, 4) is 11.5 Å². The number of aryl methyl sites for hydroxylation is 4. The van der Waals surface area contributed by atoms with Crippen molar-refractivity contribution in [3.05, 3.63) is 142 Å². The maximum absolute atomic E-state index is 13.0. The molecule has 0 bridgehead atoms. The molecule has 3 heterocycles. The van der Waals surface area contributed by atoms with Gasteiger partial charge in [0.25, 0.3) is 5.91 Å². The predicted octanol–water partition coefficient (Wildman–Crippen LogP) is 8.73. The Hall–Kier alpha value is -5.96. The molecule has 2 aromatic heterocycles. The molecule has 0 saturated carbocycles. The quantitative estimate of drug-likeness (QED) is 0.103. The number of carboxylic acids is 2. The van der Waals surface area contributed by atoms with E-state index in [2.05, 4.69) is 15.4 Å². The minimum atomic E-state index is -1.26. The monoisotopic (exact) mass is 860 g/mol. The number of ether oxygens (including phenoxy) is 2. The van der Waals surface area contributed by atoms with Gasteiger partial charge in [-0.2, -0.15) is 5.10 Å². The van der Waals surface area contributed by atoms with E-state index >= 15 is 0 Å².